The average Bonchev–Trinajstić information content (AvgIpc) is 2.70. The molecule has 0 aliphatic carbocycles. The SMILES string of the molecule is CCCC.O=S(=O)(O)O.c1ccc(P(c2ccccc2)c2ccccc2)cc1. The van der Waals surface area contributed by atoms with Gasteiger partial charge in [0.15, 0.2) is 0 Å². The van der Waals surface area contributed by atoms with Gasteiger partial charge in [0.1, 0.15) is 0 Å². The van der Waals surface area contributed by atoms with E-state index in [-0.39, 0.29) is 0 Å². The number of hydrogen-bond donors (Lipinski definition) is 2. The van der Waals surface area contributed by atoms with Gasteiger partial charge in [-0.25, -0.2) is 0 Å². The van der Waals surface area contributed by atoms with Crippen molar-refractivity contribution >= 4 is 34.2 Å². The monoisotopic (exact) mass is 418 g/mol. The summed E-state index contributed by atoms with van der Waals surface area (Å²) >= 11 is 0. The minimum atomic E-state index is -4.67. The van der Waals surface area contributed by atoms with Gasteiger partial charge < -0.3 is 0 Å². The van der Waals surface area contributed by atoms with Crippen molar-refractivity contribution in [3.05, 3.63) is 91.0 Å². The van der Waals surface area contributed by atoms with E-state index < -0.39 is 18.3 Å². The van der Waals surface area contributed by atoms with E-state index in [0.717, 1.165) is 0 Å². The molecule has 6 heteroatoms. The van der Waals surface area contributed by atoms with E-state index in [0.29, 0.717) is 0 Å². The van der Waals surface area contributed by atoms with Crippen LogP contribution in [-0.2, 0) is 10.4 Å². The molecule has 28 heavy (non-hydrogen) atoms. The van der Waals surface area contributed by atoms with Gasteiger partial charge in [0.25, 0.3) is 0 Å². The van der Waals surface area contributed by atoms with E-state index in [4.69, 9.17) is 17.5 Å². The highest BCUT2D eigenvalue weighted by Crippen LogP contribution is 2.32. The molecule has 4 nitrogen and oxygen atoms in total. The molecule has 0 spiro atoms. The zero-order valence-corrected chi connectivity index (χ0v) is 17.9. The first-order valence-electron chi connectivity index (χ1n) is 9.02. The zero-order chi connectivity index (χ0) is 20.8. The quantitative estimate of drug-likeness (QED) is 0.480. The summed E-state index contributed by atoms with van der Waals surface area (Å²) in [5.74, 6) is 0. The van der Waals surface area contributed by atoms with Crippen molar-refractivity contribution in [1.82, 2.24) is 0 Å². The van der Waals surface area contributed by atoms with Crippen molar-refractivity contribution in [3.8, 4) is 0 Å². The van der Waals surface area contributed by atoms with Crippen molar-refractivity contribution in [3.63, 3.8) is 0 Å². The fourth-order valence-electron chi connectivity index (χ4n) is 2.18. The van der Waals surface area contributed by atoms with Crippen LogP contribution in [0.5, 0.6) is 0 Å². The molecule has 0 atom stereocenters. The molecule has 3 aromatic rings. The summed E-state index contributed by atoms with van der Waals surface area (Å²) < 4.78 is 31.6. The summed E-state index contributed by atoms with van der Waals surface area (Å²) in [5.41, 5.74) is 0. The zero-order valence-electron chi connectivity index (χ0n) is 16.1. The molecule has 0 amide bonds. The van der Waals surface area contributed by atoms with Crippen LogP contribution in [0.15, 0.2) is 91.0 Å². The van der Waals surface area contributed by atoms with Gasteiger partial charge in [-0.1, -0.05) is 118 Å². The second-order valence-electron chi connectivity index (χ2n) is 5.79. The molecule has 150 valence electrons. The normalized spacial score (nSPS) is 10.3. The number of benzene rings is 3. The topological polar surface area (TPSA) is 74.6 Å². The van der Waals surface area contributed by atoms with Gasteiger partial charge in [-0.3, -0.25) is 9.11 Å². The Kier molecular flexibility index (Phi) is 11.3. The van der Waals surface area contributed by atoms with Gasteiger partial charge in [0, 0.05) is 0 Å². The highest BCUT2D eigenvalue weighted by Gasteiger charge is 2.14. The minimum Gasteiger partial charge on any atom is -0.264 e. The van der Waals surface area contributed by atoms with Crippen LogP contribution >= 0.6 is 7.92 Å². The van der Waals surface area contributed by atoms with E-state index in [1.807, 2.05) is 0 Å². The van der Waals surface area contributed by atoms with Crippen LogP contribution in [0.1, 0.15) is 26.7 Å². The van der Waals surface area contributed by atoms with E-state index >= 15 is 0 Å². The van der Waals surface area contributed by atoms with Gasteiger partial charge in [0.2, 0.25) is 0 Å². The first-order chi connectivity index (χ1) is 13.4. The fourth-order valence-corrected chi connectivity index (χ4v) is 4.48. The first kappa shape index (κ1) is 24.0. The summed E-state index contributed by atoms with van der Waals surface area (Å²) in [6, 6.07) is 32.3. The predicted molar refractivity (Wildman–Crippen MR) is 120 cm³/mol. The maximum Gasteiger partial charge on any atom is 0.394 e. The van der Waals surface area contributed by atoms with Crippen LogP contribution < -0.4 is 15.9 Å². The molecule has 0 radical (unpaired) electrons. The second-order valence-corrected chi connectivity index (χ2v) is 8.91. The smallest absolute Gasteiger partial charge is 0.264 e. The van der Waals surface area contributed by atoms with Gasteiger partial charge in [0.05, 0.1) is 0 Å². The largest absolute Gasteiger partial charge is 0.394 e. The molecule has 0 heterocycles. The number of unbranched alkanes of at least 4 members (excludes halogenated alkanes) is 1. The van der Waals surface area contributed by atoms with E-state index in [9.17, 15) is 0 Å². The van der Waals surface area contributed by atoms with Crippen molar-refractivity contribution < 1.29 is 17.5 Å². The van der Waals surface area contributed by atoms with Gasteiger partial charge in [-0.2, -0.15) is 8.42 Å². The van der Waals surface area contributed by atoms with Crippen LogP contribution in [0.4, 0.5) is 0 Å². The molecule has 0 aliphatic heterocycles. The van der Waals surface area contributed by atoms with Gasteiger partial charge in [-0.15, -0.1) is 0 Å². The summed E-state index contributed by atoms with van der Waals surface area (Å²) in [5, 5.41) is 4.19. The lowest BCUT2D eigenvalue weighted by Gasteiger charge is -2.18. The van der Waals surface area contributed by atoms with Crippen LogP contribution in [0.2, 0.25) is 0 Å². The Hall–Kier alpha value is -2.04. The summed E-state index contributed by atoms with van der Waals surface area (Å²) in [6.07, 6.45) is 2.64. The molecule has 0 unspecified atom stereocenters. The van der Waals surface area contributed by atoms with Crippen molar-refractivity contribution in [2.75, 3.05) is 0 Å². The molecule has 0 aliphatic rings. The molecular weight excluding hydrogens is 391 g/mol. The molecule has 3 aromatic carbocycles. The maximum absolute atomic E-state index is 8.74. The molecule has 0 saturated heterocycles. The van der Waals surface area contributed by atoms with Crippen LogP contribution in [0.3, 0.4) is 0 Å². The maximum atomic E-state index is 8.74. The molecule has 0 bridgehead atoms. The van der Waals surface area contributed by atoms with Crippen molar-refractivity contribution in [1.29, 1.82) is 0 Å². The van der Waals surface area contributed by atoms with Gasteiger partial charge in [-0.05, 0) is 23.8 Å². The van der Waals surface area contributed by atoms with E-state index in [2.05, 4.69) is 105 Å². The van der Waals surface area contributed by atoms with Crippen molar-refractivity contribution in [2.45, 2.75) is 26.7 Å². The summed E-state index contributed by atoms with van der Waals surface area (Å²) in [6.45, 7) is 4.36. The van der Waals surface area contributed by atoms with Crippen LogP contribution in [0, 0.1) is 0 Å². The molecular formula is C22H27O4PS. The lowest BCUT2D eigenvalue weighted by Crippen LogP contribution is -2.20. The summed E-state index contributed by atoms with van der Waals surface area (Å²) in [4.78, 5) is 0. The van der Waals surface area contributed by atoms with E-state index in [1.54, 1.807) is 0 Å². The first-order valence-corrected chi connectivity index (χ1v) is 11.8. The molecule has 3 rings (SSSR count). The molecule has 0 fully saturated rings. The van der Waals surface area contributed by atoms with E-state index in [1.165, 1.54) is 28.8 Å². The van der Waals surface area contributed by atoms with Gasteiger partial charge >= 0.3 is 10.4 Å². The number of hydrogen-bond acceptors (Lipinski definition) is 2. The highest BCUT2D eigenvalue weighted by atomic mass is 32.3. The Morgan fingerprint density at radius 3 is 1.00 bits per heavy atom. The highest BCUT2D eigenvalue weighted by molar-refractivity contribution is 7.80. The Labute approximate surface area is 169 Å². The Morgan fingerprint density at radius 1 is 0.607 bits per heavy atom. The molecule has 0 aromatic heterocycles. The average molecular weight is 418 g/mol. The van der Waals surface area contributed by atoms with Crippen LogP contribution in [-0.4, -0.2) is 17.5 Å². The third kappa shape index (κ3) is 10.3. The Bertz CT molecular complexity index is 766. The third-order valence-corrected chi connectivity index (χ3v) is 5.99. The second kappa shape index (κ2) is 13.2. The summed E-state index contributed by atoms with van der Waals surface area (Å²) in [7, 11) is -5.11. The predicted octanol–water partition coefficient (Wildman–Crippen LogP) is 4.60. The molecule has 2 N–H and O–H groups in total. The van der Waals surface area contributed by atoms with Crippen molar-refractivity contribution in [2.24, 2.45) is 0 Å². The lowest BCUT2D eigenvalue weighted by molar-refractivity contribution is 0.381. The molecule has 0 saturated carbocycles. The standard InChI is InChI=1S/C18H15P.C4H10.H2O4S/c1-4-10-16(11-5-1)19(17-12-6-2-7-13-17)18-14-8-3-9-15-18;1-3-4-2;1-5(2,3)4/h1-15H;3-4H2,1-2H3;(H2,1,2,3,4). The number of rotatable bonds is 4. The minimum absolute atomic E-state index is 0.446. The Morgan fingerprint density at radius 2 is 0.821 bits per heavy atom. The van der Waals surface area contributed by atoms with Crippen LogP contribution in [0.25, 0.3) is 0 Å². The fraction of sp³-hybridized carbons (Fsp3) is 0.182. The lowest BCUT2D eigenvalue weighted by atomic mass is 10.4. The third-order valence-electron chi connectivity index (χ3n) is 3.54. The Balaban J connectivity index is 0.000000369.